The van der Waals surface area contributed by atoms with Gasteiger partial charge in [-0.25, -0.2) is 8.78 Å². The summed E-state index contributed by atoms with van der Waals surface area (Å²) in [6, 6.07) is 3.02. The number of piperidine rings is 1. The van der Waals surface area contributed by atoms with E-state index in [4.69, 9.17) is 0 Å². The van der Waals surface area contributed by atoms with Crippen LogP contribution in [0.1, 0.15) is 36.0 Å². The van der Waals surface area contributed by atoms with Crippen LogP contribution < -0.4 is 4.74 Å². The van der Waals surface area contributed by atoms with E-state index in [1.165, 1.54) is 7.11 Å². The molecular formula is C16H19F2NO2. The van der Waals surface area contributed by atoms with E-state index < -0.39 is 17.4 Å². The van der Waals surface area contributed by atoms with Gasteiger partial charge in [0.25, 0.3) is 0 Å². The molecule has 2 aliphatic rings. The largest absolute Gasteiger partial charge is 0.491 e. The fraction of sp³-hybridized carbons (Fsp3) is 0.562. The summed E-state index contributed by atoms with van der Waals surface area (Å²) in [5.74, 6) is -2.37. The summed E-state index contributed by atoms with van der Waals surface area (Å²) in [6.45, 7) is 0. The fourth-order valence-corrected chi connectivity index (χ4v) is 3.76. The molecule has 114 valence electrons. The number of carbonyl (C=O) groups excluding carboxylic acids is 1. The summed E-state index contributed by atoms with van der Waals surface area (Å²) < 4.78 is 32.1. The number of halogens is 2. The van der Waals surface area contributed by atoms with E-state index in [0.717, 1.165) is 37.8 Å². The standard InChI is InChI=1S/C16H19F2NO2/c1-19-11-3-4-12(19)6-9(5-11)15(20)10-7-13(17)16(21-2)14(18)8-10/h7-9,11-12H,3-6H2,1-2H3. The summed E-state index contributed by atoms with van der Waals surface area (Å²) in [6.07, 6.45) is 3.77. The van der Waals surface area contributed by atoms with Crippen molar-refractivity contribution < 1.29 is 18.3 Å². The Morgan fingerprint density at radius 1 is 1.19 bits per heavy atom. The zero-order valence-corrected chi connectivity index (χ0v) is 12.2. The molecule has 5 heteroatoms. The van der Waals surface area contributed by atoms with Gasteiger partial charge in [0.05, 0.1) is 7.11 Å². The number of nitrogens with zero attached hydrogens (tertiary/aromatic N) is 1. The van der Waals surface area contributed by atoms with Crippen molar-refractivity contribution in [1.29, 1.82) is 0 Å². The SMILES string of the molecule is COc1c(F)cc(C(=O)C2CC3CCC(C2)N3C)cc1F. The van der Waals surface area contributed by atoms with Crippen LogP contribution >= 0.6 is 0 Å². The smallest absolute Gasteiger partial charge is 0.190 e. The lowest BCUT2D eigenvalue weighted by atomic mass is 9.85. The van der Waals surface area contributed by atoms with Gasteiger partial charge in [0.2, 0.25) is 0 Å². The minimum Gasteiger partial charge on any atom is -0.491 e. The van der Waals surface area contributed by atoms with Gasteiger partial charge in [-0.2, -0.15) is 0 Å². The van der Waals surface area contributed by atoms with Gasteiger partial charge in [0.1, 0.15) is 0 Å². The highest BCUT2D eigenvalue weighted by Gasteiger charge is 2.41. The molecule has 0 saturated carbocycles. The summed E-state index contributed by atoms with van der Waals surface area (Å²) in [5, 5.41) is 0. The van der Waals surface area contributed by atoms with Crippen LogP contribution in [0.25, 0.3) is 0 Å². The van der Waals surface area contributed by atoms with Gasteiger partial charge in [-0.3, -0.25) is 4.79 Å². The molecule has 2 heterocycles. The Labute approximate surface area is 122 Å². The molecule has 2 atom stereocenters. The number of Topliss-reactive ketones (excluding diaryl/α,β-unsaturated/α-hetero) is 1. The quantitative estimate of drug-likeness (QED) is 0.803. The Kier molecular flexibility index (Phi) is 3.69. The monoisotopic (exact) mass is 295 g/mol. The van der Waals surface area contributed by atoms with E-state index >= 15 is 0 Å². The Morgan fingerprint density at radius 3 is 2.19 bits per heavy atom. The number of carbonyl (C=O) groups is 1. The van der Waals surface area contributed by atoms with Gasteiger partial charge >= 0.3 is 0 Å². The molecule has 2 aliphatic heterocycles. The molecule has 2 saturated heterocycles. The van der Waals surface area contributed by atoms with Crippen molar-refractivity contribution in [1.82, 2.24) is 4.90 Å². The topological polar surface area (TPSA) is 29.5 Å². The average molecular weight is 295 g/mol. The molecule has 0 amide bonds. The van der Waals surface area contributed by atoms with Crippen LogP contribution in [0.4, 0.5) is 8.78 Å². The number of ketones is 1. The molecule has 2 fully saturated rings. The zero-order valence-electron chi connectivity index (χ0n) is 12.2. The zero-order chi connectivity index (χ0) is 15.1. The maximum absolute atomic E-state index is 13.7. The van der Waals surface area contributed by atoms with E-state index in [1.54, 1.807) is 0 Å². The van der Waals surface area contributed by atoms with Crippen molar-refractivity contribution in [3.8, 4) is 5.75 Å². The van der Waals surface area contributed by atoms with Gasteiger partial charge in [0, 0.05) is 23.6 Å². The molecule has 2 unspecified atom stereocenters. The van der Waals surface area contributed by atoms with Crippen LogP contribution in [-0.2, 0) is 0 Å². The second kappa shape index (κ2) is 5.37. The van der Waals surface area contributed by atoms with Crippen LogP contribution in [0, 0.1) is 17.6 Å². The predicted molar refractivity (Wildman–Crippen MR) is 74.5 cm³/mol. The molecule has 2 bridgehead atoms. The second-order valence-electron chi connectivity index (χ2n) is 6.06. The van der Waals surface area contributed by atoms with Crippen molar-refractivity contribution in [2.45, 2.75) is 37.8 Å². The highest BCUT2D eigenvalue weighted by molar-refractivity contribution is 5.98. The molecule has 0 aliphatic carbocycles. The van der Waals surface area contributed by atoms with E-state index in [-0.39, 0.29) is 17.3 Å². The minimum atomic E-state index is -0.822. The number of rotatable bonds is 3. The van der Waals surface area contributed by atoms with Crippen LogP contribution in [0.15, 0.2) is 12.1 Å². The lowest BCUT2D eigenvalue weighted by molar-refractivity contribution is 0.0766. The number of hydrogen-bond donors (Lipinski definition) is 0. The van der Waals surface area contributed by atoms with Crippen molar-refractivity contribution >= 4 is 5.78 Å². The molecule has 0 N–H and O–H groups in total. The van der Waals surface area contributed by atoms with Gasteiger partial charge in [-0.15, -0.1) is 0 Å². The normalized spacial score (nSPS) is 28.7. The van der Waals surface area contributed by atoms with Crippen LogP contribution in [0.3, 0.4) is 0 Å². The van der Waals surface area contributed by atoms with Crippen molar-refractivity contribution in [3.63, 3.8) is 0 Å². The van der Waals surface area contributed by atoms with Crippen molar-refractivity contribution in [2.24, 2.45) is 5.92 Å². The average Bonchev–Trinajstić information content (AvgIpc) is 2.67. The molecule has 1 aromatic rings. The summed E-state index contributed by atoms with van der Waals surface area (Å²) in [4.78, 5) is 14.9. The maximum atomic E-state index is 13.7. The summed E-state index contributed by atoms with van der Waals surface area (Å²) in [7, 11) is 3.30. The van der Waals surface area contributed by atoms with E-state index in [2.05, 4.69) is 16.7 Å². The lowest BCUT2D eigenvalue weighted by Gasteiger charge is -2.35. The van der Waals surface area contributed by atoms with Crippen LogP contribution in [0.2, 0.25) is 0 Å². The summed E-state index contributed by atoms with van der Waals surface area (Å²) >= 11 is 0. The first-order valence-electron chi connectivity index (χ1n) is 7.30. The number of benzene rings is 1. The minimum absolute atomic E-state index is 0.111. The first-order chi connectivity index (χ1) is 10.0. The van der Waals surface area contributed by atoms with E-state index in [1.807, 2.05) is 0 Å². The molecule has 0 spiro atoms. The summed E-state index contributed by atoms with van der Waals surface area (Å²) in [5.41, 5.74) is 0.111. The number of hydrogen-bond acceptors (Lipinski definition) is 3. The fourth-order valence-electron chi connectivity index (χ4n) is 3.76. The van der Waals surface area contributed by atoms with Crippen molar-refractivity contribution in [3.05, 3.63) is 29.3 Å². The predicted octanol–water partition coefficient (Wildman–Crippen LogP) is 3.03. The third-order valence-electron chi connectivity index (χ3n) is 4.96. The molecule has 3 nitrogen and oxygen atoms in total. The third kappa shape index (κ3) is 2.44. The van der Waals surface area contributed by atoms with Crippen LogP contribution in [-0.4, -0.2) is 36.9 Å². The Hall–Kier alpha value is -1.49. The molecule has 0 radical (unpaired) electrons. The van der Waals surface area contributed by atoms with Crippen LogP contribution in [0.5, 0.6) is 5.75 Å². The number of fused-ring (bicyclic) bond motifs is 2. The maximum Gasteiger partial charge on any atom is 0.190 e. The highest BCUT2D eigenvalue weighted by Crippen LogP contribution is 2.39. The molecular weight excluding hydrogens is 276 g/mol. The van der Waals surface area contributed by atoms with Gasteiger partial charge in [0.15, 0.2) is 23.2 Å². The van der Waals surface area contributed by atoms with E-state index in [9.17, 15) is 13.6 Å². The molecule has 0 aromatic heterocycles. The second-order valence-corrected chi connectivity index (χ2v) is 6.06. The number of methoxy groups -OCH3 is 1. The first-order valence-corrected chi connectivity index (χ1v) is 7.30. The Morgan fingerprint density at radius 2 is 1.71 bits per heavy atom. The molecule has 21 heavy (non-hydrogen) atoms. The van der Waals surface area contributed by atoms with E-state index in [0.29, 0.717) is 12.1 Å². The lowest BCUT2D eigenvalue weighted by Crippen LogP contribution is -2.42. The highest BCUT2D eigenvalue weighted by atomic mass is 19.1. The number of ether oxygens (including phenoxy) is 1. The molecule has 3 rings (SSSR count). The Bertz CT molecular complexity index is 538. The van der Waals surface area contributed by atoms with Gasteiger partial charge in [-0.1, -0.05) is 0 Å². The Balaban J connectivity index is 1.83. The first kappa shape index (κ1) is 14.4. The van der Waals surface area contributed by atoms with Gasteiger partial charge in [-0.05, 0) is 44.9 Å². The molecule has 1 aromatic carbocycles. The van der Waals surface area contributed by atoms with Crippen molar-refractivity contribution in [2.75, 3.05) is 14.2 Å². The third-order valence-corrected chi connectivity index (χ3v) is 4.96. The van der Waals surface area contributed by atoms with Gasteiger partial charge < -0.3 is 9.64 Å².